The number of hydrogen-bond donors (Lipinski definition) is 0. The molecule has 0 amide bonds. The molecule has 0 heterocycles. The van der Waals surface area contributed by atoms with Crippen LogP contribution in [0.15, 0.2) is 30.3 Å². The van der Waals surface area contributed by atoms with E-state index in [2.05, 4.69) is 51.1 Å². The molecule has 0 bridgehead atoms. The highest BCUT2D eigenvalue weighted by molar-refractivity contribution is 6.79. The Labute approximate surface area is 273 Å². The Balaban J connectivity index is 2.39. The lowest BCUT2D eigenvalue weighted by Crippen LogP contribution is -2.34. The summed E-state index contributed by atoms with van der Waals surface area (Å²) in [6, 6.07) is 16.9. The monoisotopic (exact) mass is 615 g/mol. The van der Waals surface area contributed by atoms with Crippen molar-refractivity contribution in [1.29, 1.82) is 0 Å². The Morgan fingerprint density at radius 3 is 1.02 bits per heavy atom. The second-order valence-electron chi connectivity index (χ2n) is 14.1. The maximum absolute atomic E-state index is 5.85. The molecule has 0 unspecified atom stereocenters. The van der Waals surface area contributed by atoms with Crippen molar-refractivity contribution in [2.24, 2.45) is 0 Å². The summed E-state index contributed by atoms with van der Waals surface area (Å²) in [6.07, 6.45) is 39.3. The van der Waals surface area contributed by atoms with Crippen LogP contribution in [0.3, 0.4) is 0 Å². The van der Waals surface area contributed by atoms with Crippen LogP contribution in [0.1, 0.15) is 194 Å². The van der Waals surface area contributed by atoms with E-state index >= 15 is 0 Å². The molecule has 0 aliphatic carbocycles. The van der Waals surface area contributed by atoms with Crippen LogP contribution in [0.5, 0.6) is 5.75 Å². The molecule has 0 saturated carbocycles. The van der Waals surface area contributed by atoms with Gasteiger partial charge in [0, 0.05) is 0 Å². The molecule has 0 spiro atoms. The fraction of sp³-hybridized carbons (Fsp3) is 0.854. The minimum Gasteiger partial charge on any atom is -0.494 e. The van der Waals surface area contributed by atoms with Crippen molar-refractivity contribution in [3.05, 3.63) is 30.3 Å². The van der Waals surface area contributed by atoms with Crippen molar-refractivity contribution < 1.29 is 4.74 Å². The zero-order valence-electron chi connectivity index (χ0n) is 29.9. The standard InChI is InChI=1S/C41H78OSi/c1-4-7-10-13-22-30-37-43(38-31-23-14-11-8-5-2,39-32-24-15-12-9-6-3)40-33-25-20-18-16-17-19-21-29-36-42-41-34-27-26-28-35-41/h26-28,34-35H,4-25,29-33,36-40H2,1-3H3. The molecule has 43 heavy (non-hydrogen) atoms. The van der Waals surface area contributed by atoms with Gasteiger partial charge in [0.1, 0.15) is 5.75 Å². The SMILES string of the molecule is CCCCCCCC[Si](CCCCCCCC)(CCCCCCCC)CCCCCCCCCCCOc1ccccc1. The Hall–Kier alpha value is -0.763. The highest BCUT2D eigenvalue weighted by Crippen LogP contribution is 2.35. The molecule has 252 valence electrons. The molecule has 0 N–H and O–H groups in total. The summed E-state index contributed by atoms with van der Waals surface area (Å²) in [5.74, 6) is 1.01. The van der Waals surface area contributed by atoms with Crippen LogP contribution in [0, 0.1) is 0 Å². The molecule has 1 aromatic carbocycles. The molecule has 1 aromatic rings. The van der Waals surface area contributed by atoms with E-state index in [9.17, 15) is 0 Å². The van der Waals surface area contributed by atoms with Gasteiger partial charge >= 0.3 is 0 Å². The van der Waals surface area contributed by atoms with Gasteiger partial charge in [0.05, 0.1) is 14.7 Å². The first-order chi connectivity index (χ1) is 21.3. The number of para-hydroxylation sites is 1. The van der Waals surface area contributed by atoms with Gasteiger partial charge in [-0.2, -0.15) is 0 Å². The summed E-state index contributed by atoms with van der Waals surface area (Å²) in [7, 11) is -1.13. The van der Waals surface area contributed by atoms with Crippen molar-refractivity contribution in [2.45, 2.75) is 218 Å². The van der Waals surface area contributed by atoms with Crippen molar-refractivity contribution >= 4 is 8.07 Å². The molecular formula is C41H78OSi. The van der Waals surface area contributed by atoms with E-state index in [0.717, 1.165) is 12.4 Å². The average molecular weight is 615 g/mol. The first kappa shape index (κ1) is 40.3. The van der Waals surface area contributed by atoms with E-state index in [4.69, 9.17) is 4.74 Å². The second-order valence-corrected chi connectivity index (χ2v) is 19.1. The zero-order chi connectivity index (χ0) is 30.9. The third kappa shape index (κ3) is 25.2. The van der Waals surface area contributed by atoms with Gasteiger partial charge in [-0.25, -0.2) is 0 Å². The van der Waals surface area contributed by atoms with E-state index < -0.39 is 8.07 Å². The Kier molecular flexibility index (Phi) is 29.2. The lowest BCUT2D eigenvalue weighted by Gasteiger charge is -2.33. The van der Waals surface area contributed by atoms with Gasteiger partial charge < -0.3 is 4.74 Å². The summed E-state index contributed by atoms with van der Waals surface area (Å²) in [5, 5.41) is 0. The van der Waals surface area contributed by atoms with E-state index in [1.165, 1.54) is 148 Å². The largest absolute Gasteiger partial charge is 0.494 e. The normalized spacial score (nSPS) is 11.8. The molecule has 0 atom stereocenters. The predicted molar refractivity (Wildman–Crippen MR) is 199 cm³/mol. The van der Waals surface area contributed by atoms with E-state index in [1.54, 1.807) is 49.9 Å². The summed E-state index contributed by atoms with van der Waals surface area (Å²) in [4.78, 5) is 0. The van der Waals surface area contributed by atoms with Crippen molar-refractivity contribution in [3.63, 3.8) is 0 Å². The lowest BCUT2D eigenvalue weighted by molar-refractivity contribution is 0.304. The minimum absolute atomic E-state index is 0.867. The molecule has 0 radical (unpaired) electrons. The van der Waals surface area contributed by atoms with Crippen LogP contribution in [0.2, 0.25) is 24.2 Å². The fourth-order valence-corrected chi connectivity index (χ4v) is 12.6. The Morgan fingerprint density at radius 2 is 0.674 bits per heavy atom. The van der Waals surface area contributed by atoms with Gasteiger partial charge in [0.25, 0.3) is 0 Å². The summed E-state index contributed by atoms with van der Waals surface area (Å²) in [5.41, 5.74) is 0. The molecule has 1 nitrogen and oxygen atoms in total. The molecule has 2 heteroatoms. The van der Waals surface area contributed by atoms with E-state index in [0.29, 0.717) is 0 Å². The molecule has 0 saturated heterocycles. The van der Waals surface area contributed by atoms with Crippen molar-refractivity contribution in [3.8, 4) is 5.75 Å². The molecular weight excluding hydrogens is 537 g/mol. The van der Waals surface area contributed by atoms with E-state index in [-0.39, 0.29) is 0 Å². The highest BCUT2D eigenvalue weighted by atomic mass is 28.3. The van der Waals surface area contributed by atoms with Gasteiger partial charge in [0.2, 0.25) is 0 Å². The fourth-order valence-electron chi connectivity index (χ4n) is 7.14. The summed E-state index contributed by atoms with van der Waals surface area (Å²) >= 11 is 0. The Bertz CT molecular complexity index is 618. The first-order valence-electron chi connectivity index (χ1n) is 19.9. The van der Waals surface area contributed by atoms with Crippen LogP contribution in [0.25, 0.3) is 0 Å². The van der Waals surface area contributed by atoms with E-state index in [1.807, 2.05) is 0 Å². The second kappa shape index (κ2) is 31.2. The highest BCUT2D eigenvalue weighted by Gasteiger charge is 2.30. The lowest BCUT2D eigenvalue weighted by atomic mass is 10.1. The molecule has 1 rings (SSSR count). The smallest absolute Gasteiger partial charge is 0.119 e. The number of rotatable bonds is 34. The first-order valence-corrected chi connectivity index (χ1v) is 22.8. The van der Waals surface area contributed by atoms with Gasteiger partial charge in [-0.15, -0.1) is 0 Å². The molecule has 0 aliphatic rings. The van der Waals surface area contributed by atoms with Crippen LogP contribution >= 0.6 is 0 Å². The van der Waals surface area contributed by atoms with Crippen molar-refractivity contribution in [2.75, 3.05) is 6.61 Å². The molecule has 0 fully saturated rings. The number of ether oxygens (including phenoxy) is 1. The third-order valence-corrected chi connectivity index (χ3v) is 15.7. The van der Waals surface area contributed by atoms with Crippen LogP contribution < -0.4 is 4.74 Å². The quantitative estimate of drug-likeness (QED) is 0.0554. The van der Waals surface area contributed by atoms with Crippen LogP contribution in [0.4, 0.5) is 0 Å². The van der Waals surface area contributed by atoms with Gasteiger partial charge in [-0.3, -0.25) is 0 Å². The summed E-state index contributed by atoms with van der Waals surface area (Å²) < 4.78 is 5.85. The van der Waals surface area contributed by atoms with Gasteiger partial charge in [0.15, 0.2) is 0 Å². The summed E-state index contributed by atoms with van der Waals surface area (Å²) in [6.45, 7) is 7.92. The maximum atomic E-state index is 5.85. The number of hydrogen-bond acceptors (Lipinski definition) is 1. The predicted octanol–water partition coefficient (Wildman–Crippen LogP) is 15.1. The number of benzene rings is 1. The van der Waals surface area contributed by atoms with Gasteiger partial charge in [-0.1, -0.05) is 230 Å². The third-order valence-electron chi connectivity index (χ3n) is 10.0. The van der Waals surface area contributed by atoms with Crippen LogP contribution in [-0.2, 0) is 0 Å². The molecule has 0 aliphatic heterocycles. The average Bonchev–Trinajstić information content (AvgIpc) is 3.03. The number of unbranched alkanes of at least 4 members (excludes halogenated alkanes) is 23. The maximum Gasteiger partial charge on any atom is 0.119 e. The molecule has 0 aromatic heterocycles. The zero-order valence-corrected chi connectivity index (χ0v) is 30.9. The van der Waals surface area contributed by atoms with Crippen LogP contribution in [-0.4, -0.2) is 14.7 Å². The Morgan fingerprint density at radius 1 is 0.372 bits per heavy atom. The van der Waals surface area contributed by atoms with Gasteiger partial charge in [-0.05, 0) is 18.6 Å². The van der Waals surface area contributed by atoms with Crippen molar-refractivity contribution in [1.82, 2.24) is 0 Å². The topological polar surface area (TPSA) is 9.23 Å². The minimum atomic E-state index is -1.13.